The van der Waals surface area contributed by atoms with E-state index < -0.39 is 0 Å². The number of furan rings is 1. The summed E-state index contributed by atoms with van der Waals surface area (Å²) in [5, 5.41) is 1.04. The molecule has 2 heterocycles. The minimum Gasteiger partial charge on any atom is -0.472 e. The highest BCUT2D eigenvalue weighted by atomic mass is 32.2. The third-order valence-corrected chi connectivity index (χ3v) is 3.40. The van der Waals surface area contributed by atoms with Gasteiger partial charge in [0.1, 0.15) is 11.3 Å². The van der Waals surface area contributed by atoms with Crippen molar-refractivity contribution in [3.63, 3.8) is 0 Å². The molecule has 0 atom stereocenters. The molecular weight excluding hydrogens is 206 g/mol. The third-order valence-electron chi connectivity index (χ3n) is 2.35. The van der Waals surface area contributed by atoms with Crippen molar-refractivity contribution in [3.8, 4) is 0 Å². The Morgan fingerprint density at radius 3 is 3.00 bits per heavy atom. The van der Waals surface area contributed by atoms with Crippen LogP contribution in [0.2, 0.25) is 0 Å². The predicted octanol–water partition coefficient (Wildman–Crippen LogP) is 3.60. The lowest BCUT2D eigenvalue weighted by molar-refractivity contribution is 0.567. The fraction of sp³-hybridized carbons (Fsp3) is 0.0833. The normalized spacial score (nSPS) is 14.5. The highest BCUT2D eigenvalue weighted by Crippen LogP contribution is 2.32. The Hall–Kier alpha value is -1.48. The molecule has 74 valence electrons. The lowest BCUT2D eigenvalue weighted by Crippen LogP contribution is -1.99. The Morgan fingerprint density at radius 2 is 2.13 bits per heavy atom. The lowest BCUT2D eigenvalue weighted by atomic mass is 10.2. The Morgan fingerprint density at radius 1 is 1.20 bits per heavy atom. The molecule has 3 rings (SSSR count). The fourth-order valence-corrected chi connectivity index (χ4v) is 2.55. The summed E-state index contributed by atoms with van der Waals surface area (Å²) in [6.07, 6.45) is 3.42. The molecule has 0 saturated carbocycles. The van der Waals surface area contributed by atoms with Crippen LogP contribution in [0.4, 0.5) is 5.69 Å². The molecule has 0 fully saturated rings. The van der Waals surface area contributed by atoms with Crippen LogP contribution >= 0.6 is 11.8 Å². The standard InChI is InChI=1S/C12H9NOS/c1-2-4-11-10(3-1)8-15-12(13-11)9-5-6-14-7-9/h1-7H,8H2. The molecule has 3 heteroatoms. The van der Waals surface area contributed by atoms with E-state index in [0.717, 1.165) is 22.0 Å². The van der Waals surface area contributed by atoms with E-state index in [9.17, 15) is 0 Å². The molecule has 2 aromatic rings. The Bertz CT molecular complexity index is 502. The SMILES string of the molecule is c1ccc2c(c1)CSC(c1ccoc1)=N2. The first kappa shape index (κ1) is 8.80. The molecule has 0 radical (unpaired) electrons. The molecule has 0 bridgehead atoms. The molecule has 0 saturated heterocycles. The summed E-state index contributed by atoms with van der Waals surface area (Å²) in [7, 11) is 0. The van der Waals surface area contributed by atoms with Gasteiger partial charge in [-0.2, -0.15) is 0 Å². The van der Waals surface area contributed by atoms with E-state index in [-0.39, 0.29) is 0 Å². The fourth-order valence-electron chi connectivity index (χ4n) is 1.56. The smallest absolute Gasteiger partial charge is 0.107 e. The number of para-hydroxylation sites is 1. The van der Waals surface area contributed by atoms with Crippen LogP contribution in [0.5, 0.6) is 0 Å². The highest BCUT2D eigenvalue weighted by Gasteiger charge is 2.13. The predicted molar refractivity (Wildman–Crippen MR) is 62.6 cm³/mol. The topological polar surface area (TPSA) is 25.5 Å². The number of rotatable bonds is 1. The Balaban J connectivity index is 2.06. The Labute approximate surface area is 92.0 Å². The maximum atomic E-state index is 5.06. The van der Waals surface area contributed by atoms with Gasteiger partial charge in [0.2, 0.25) is 0 Å². The van der Waals surface area contributed by atoms with E-state index in [0.29, 0.717) is 0 Å². The number of hydrogen-bond acceptors (Lipinski definition) is 3. The molecule has 1 aromatic heterocycles. The van der Waals surface area contributed by atoms with Crippen molar-refractivity contribution in [2.45, 2.75) is 5.75 Å². The Kier molecular flexibility index (Phi) is 2.10. The first-order valence-corrected chi connectivity index (χ1v) is 5.74. The number of benzene rings is 1. The highest BCUT2D eigenvalue weighted by molar-refractivity contribution is 8.13. The van der Waals surface area contributed by atoms with E-state index >= 15 is 0 Å². The molecule has 15 heavy (non-hydrogen) atoms. The summed E-state index contributed by atoms with van der Waals surface area (Å²) in [4.78, 5) is 4.61. The van der Waals surface area contributed by atoms with Crippen LogP contribution < -0.4 is 0 Å². The number of hydrogen-bond donors (Lipinski definition) is 0. The minimum atomic E-state index is 0.986. The van der Waals surface area contributed by atoms with Crippen molar-refractivity contribution in [1.29, 1.82) is 0 Å². The zero-order valence-corrected chi connectivity index (χ0v) is 8.83. The second-order valence-corrected chi connectivity index (χ2v) is 4.31. The second kappa shape index (κ2) is 3.59. The summed E-state index contributed by atoms with van der Waals surface area (Å²) in [5.41, 5.74) is 3.44. The van der Waals surface area contributed by atoms with Gasteiger partial charge in [-0.3, -0.25) is 0 Å². The molecule has 0 amide bonds. The van der Waals surface area contributed by atoms with Crippen molar-refractivity contribution in [2.24, 2.45) is 4.99 Å². The summed E-state index contributed by atoms with van der Waals surface area (Å²) in [5.74, 6) is 0.986. The van der Waals surface area contributed by atoms with Crippen molar-refractivity contribution < 1.29 is 4.42 Å². The van der Waals surface area contributed by atoms with E-state index in [4.69, 9.17) is 4.42 Å². The molecular formula is C12H9NOS. The van der Waals surface area contributed by atoms with Gasteiger partial charge >= 0.3 is 0 Å². The van der Waals surface area contributed by atoms with Gasteiger partial charge in [-0.25, -0.2) is 4.99 Å². The van der Waals surface area contributed by atoms with Gasteiger partial charge < -0.3 is 4.42 Å². The van der Waals surface area contributed by atoms with Crippen LogP contribution in [0, 0.1) is 0 Å². The monoisotopic (exact) mass is 215 g/mol. The minimum absolute atomic E-state index is 0.986. The van der Waals surface area contributed by atoms with Gasteiger partial charge in [-0.1, -0.05) is 18.2 Å². The number of fused-ring (bicyclic) bond motifs is 1. The van der Waals surface area contributed by atoms with Crippen molar-refractivity contribution >= 4 is 22.5 Å². The van der Waals surface area contributed by atoms with Gasteiger partial charge in [-0.15, -0.1) is 11.8 Å². The lowest BCUT2D eigenvalue weighted by Gasteiger charge is -2.13. The van der Waals surface area contributed by atoms with E-state index in [1.807, 2.05) is 12.1 Å². The van der Waals surface area contributed by atoms with Crippen LogP contribution in [0.25, 0.3) is 0 Å². The van der Waals surface area contributed by atoms with Crippen molar-refractivity contribution in [2.75, 3.05) is 0 Å². The maximum absolute atomic E-state index is 5.06. The number of thioether (sulfide) groups is 1. The maximum Gasteiger partial charge on any atom is 0.107 e. The van der Waals surface area contributed by atoms with Gasteiger partial charge in [-0.05, 0) is 17.7 Å². The average molecular weight is 215 g/mol. The first-order valence-electron chi connectivity index (χ1n) is 4.75. The van der Waals surface area contributed by atoms with Crippen LogP contribution in [0.15, 0.2) is 52.3 Å². The van der Waals surface area contributed by atoms with E-state index in [1.54, 1.807) is 24.3 Å². The van der Waals surface area contributed by atoms with Crippen molar-refractivity contribution in [1.82, 2.24) is 0 Å². The van der Waals surface area contributed by atoms with Crippen LogP contribution in [0.1, 0.15) is 11.1 Å². The molecule has 2 nitrogen and oxygen atoms in total. The van der Waals surface area contributed by atoms with Gasteiger partial charge in [0.15, 0.2) is 0 Å². The second-order valence-electron chi connectivity index (χ2n) is 3.35. The quantitative estimate of drug-likeness (QED) is 0.726. The van der Waals surface area contributed by atoms with Gasteiger partial charge in [0.25, 0.3) is 0 Å². The molecule has 0 unspecified atom stereocenters. The van der Waals surface area contributed by atoms with Gasteiger partial charge in [0, 0.05) is 11.3 Å². The zero-order chi connectivity index (χ0) is 10.1. The zero-order valence-electron chi connectivity index (χ0n) is 8.01. The van der Waals surface area contributed by atoms with Gasteiger partial charge in [0.05, 0.1) is 12.0 Å². The van der Waals surface area contributed by atoms with Crippen LogP contribution in [-0.2, 0) is 5.75 Å². The number of nitrogens with zero attached hydrogens (tertiary/aromatic N) is 1. The first-order chi connectivity index (χ1) is 7.43. The summed E-state index contributed by atoms with van der Waals surface area (Å²) < 4.78 is 5.06. The molecule has 1 aromatic carbocycles. The largest absolute Gasteiger partial charge is 0.472 e. The van der Waals surface area contributed by atoms with Crippen LogP contribution in [0.3, 0.4) is 0 Å². The molecule has 1 aliphatic rings. The molecule has 0 aliphatic carbocycles. The van der Waals surface area contributed by atoms with Crippen molar-refractivity contribution in [3.05, 3.63) is 54.0 Å². The summed E-state index contributed by atoms with van der Waals surface area (Å²) in [6.45, 7) is 0. The van der Waals surface area contributed by atoms with E-state index in [1.165, 1.54) is 5.56 Å². The average Bonchev–Trinajstić information content (AvgIpc) is 2.82. The van der Waals surface area contributed by atoms with E-state index in [2.05, 4.69) is 23.2 Å². The summed E-state index contributed by atoms with van der Waals surface area (Å²) >= 11 is 1.75. The molecule has 0 N–H and O–H groups in total. The third kappa shape index (κ3) is 1.59. The summed E-state index contributed by atoms with van der Waals surface area (Å²) in [6, 6.07) is 10.2. The molecule has 1 aliphatic heterocycles. The number of aliphatic imine (C=N–C) groups is 1. The molecule has 0 spiro atoms. The van der Waals surface area contributed by atoms with Crippen LogP contribution in [-0.4, -0.2) is 5.04 Å².